The van der Waals surface area contributed by atoms with Gasteiger partial charge in [0.1, 0.15) is 12.3 Å². The molecule has 1 amide bonds. The van der Waals surface area contributed by atoms with Crippen LogP contribution in [-0.4, -0.2) is 48.5 Å². The molecule has 8 heteroatoms. The highest BCUT2D eigenvalue weighted by atomic mass is 32.1. The van der Waals surface area contributed by atoms with Crippen LogP contribution in [0, 0.1) is 6.92 Å². The van der Waals surface area contributed by atoms with Crippen molar-refractivity contribution in [3.05, 3.63) is 54.0 Å². The van der Waals surface area contributed by atoms with Crippen molar-refractivity contribution in [2.24, 2.45) is 0 Å². The van der Waals surface area contributed by atoms with Gasteiger partial charge in [0.2, 0.25) is 5.88 Å². The van der Waals surface area contributed by atoms with Gasteiger partial charge in [-0.1, -0.05) is 18.2 Å². The summed E-state index contributed by atoms with van der Waals surface area (Å²) in [5.41, 5.74) is 2.40. The first kappa shape index (κ1) is 15.8. The summed E-state index contributed by atoms with van der Waals surface area (Å²) in [7, 11) is 0. The first-order chi connectivity index (χ1) is 12.2. The number of hydrogen-bond donors (Lipinski definition) is 0. The summed E-state index contributed by atoms with van der Waals surface area (Å²) < 4.78 is 15.5. The van der Waals surface area contributed by atoms with E-state index in [1.807, 2.05) is 42.2 Å². The van der Waals surface area contributed by atoms with Gasteiger partial charge in [0, 0.05) is 13.0 Å². The molecule has 2 aromatic heterocycles. The first-order valence-corrected chi connectivity index (χ1v) is 8.79. The van der Waals surface area contributed by atoms with Crippen LogP contribution >= 0.6 is 11.7 Å². The van der Waals surface area contributed by atoms with E-state index in [9.17, 15) is 4.79 Å². The smallest absolute Gasteiger partial charge is 0.257 e. The molecule has 1 aliphatic heterocycles. The third-order valence-corrected chi connectivity index (χ3v) is 4.76. The minimum atomic E-state index is -0.0441. The molecule has 4 rings (SSSR count). The lowest BCUT2D eigenvalue weighted by Gasteiger charge is -2.16. The van der Waals surface area contributed by atoms with Crippen molar-refractivity contribution in [2.75, 3.05) is 13.1 Å². The maximum Gasteiger partial charge on any atom is 0.257 e. The Kier molecular flexibility index (Phi) is 4.19. The van der Waals surface area contributed by atoms with E-state index in [2.05, 4.69) is 13.8 Å². The molecule has 3 heterocycles. The van der Waals surface area contributed by atoms with E-state index in [0.717, 1.165) is 29.5 Å². The lowest BCUT2D eigenvalue weighted by Crippen LogP contribution is -2.31. The van der Waals surface area contributed by atoms with Gasteiger partial charge in [-0.2, -0.15) is 9.47 Å². The Labute approximate surface area is 149 Å². The van der Waals surface area contributed by atoms with Crippen LogP contribution in [0.3, 0.4) is 0 Å². The van der Waals surface area contributed by atoms with Crippen LogP contribution in [0.15, 0.2) is 42.7 Å². The Hall–Kier alpha value is -2.74. The van der Waals surface area contributed by atoms with Crippen molar-refractivity contribution in [3.8, 4) is 11.6 Å². The van der Waals surface area contributed by atoms with E-state index in [0.29, 0.717) is 24.5 Å². The zero-order valence-electron chi connectivity index (χ0n) is 13.7. The molecule has 7 nitrogen and oxygen atoms in total. The van der Waals surface area contributed by atoms with Gasteiger partial charge >= 0.3 is 0 Å². The number of carbonyl (C=O) groups is 1. The van der Waals surface area contributed by atoms with Crippen LogP contribution < -0.4 is 4.74 Å². The fourth-order valence-corrected chi connectivity index (χ4v) is 3.36. The number of aromatic nitrogens is 4. The largest absolute Gasteiger partial charge is 0.471 e. The van der Waals surface area contributed by atoms with Crippen molar-refractivity contribution in [1.29, 1.82) is 0 Å². The summed E-state index contributed by atoms with van der Waals surface area (Å²) >= 11 is 1.11. The first-order valence-electron chi connectivity index (χ1n) is 8.06. The third-order valence-electron chi connectivity index (χ3n) is 4.30. The van der Waals surface area contributed by atoms with Gasteiger partial charge in [0.15, 0.2) is 0 Å². The highest BCUT2D eigenvalue weighted by Gasteiger charge is 2.30. The maximum atomic E-state index is 12.9. The second-order valence-corrected chi connectivity index (χ2v) is 6.47. The molecule has 0 spiro atoms. The standard InChI is InChI=1S/C17H17N5O2S/c1-12-15(9-18-22(12)13-5-3-2-4-6-13)17(23)21-8-7-14(11-21)24-16-10-19-25-20-16/h2-6,9-10,14H,7-8,11H2,1H3. The molecule has 0 N–H and O–H groups in total. The molecule has 3 aromatic rings. The number of ether oxygens (including phenoxy) is 1. The molecule has 1 saturated heterocycles. The number of benzene rings is 1. The monoisotopic (exact) mass is 355 g/mol. The number of nitrogens with zero attached hydrogens (tertiary/aromatic N) is 5. The van der Waals surface area contributed by atoms with Crippen LogP contribution in [0.5, 0.6) is 5.88 Å². The van der Waals surface area contributed by atoms with Crippen molar-refractivity contribution in [3.63, 3.8) is 0 Å². The van der Waals surface area contributed by atoms with Crippen LogP contribution in [0.25, 0.3) is 5.69 Å². The second-order valence-electron chi connectivity index (χ2n) is 5.92. The molecule has 1 unspecified atom stereocenters. The van der Waals surface area contributed by atoms with E-state index >= 15 is 0 Å². The van der Waals surface area contributed by atoms with Crippen LogP contribution in [0.1, 0.15) is 22.5 Å². The van der Waals surface area contributed by atoms with E-state index in [4.69, 9.17) is 4.74 Å². The molecule has 1 aromatic carbocycles. The van der Waals surface area contributed by atoms with Gasteiger partial charge in [-0.05, 0) is 19.1 Å². The zero-order valence-corrected chi connectivity index (χ0v) is 14.5. The number of para-hydroxylation sites is 1. The minimum absolute atomic E-state index is 0.0119. The number of carbonyl (C=O) groups excluding carboxylic acids is 1. The SMILES string of the molecule is Cc1c(C(=O)N2CCC(Oc3cnsn3)C2)cnn1-c1ccccc1. The van der Waals surface area contributed by atoms with Gasteiger partial charge in [0.05, 0.1) is 41.4 Å². The summed E-state index contributed by atoms with van der Waals surface area (Å²) in [5, 5.41) is 4.38. The highest BCUT2D eigenvalue weighted by molar-refractivity contribution is 6.99. The molecule has 0 aliphatic carbocycles. The van der Waals surface area contributed by atoms with Crippen molar-refractivity contribution < 1.29 is 9.53 Å². The average molecular weight is 355 g/mol. The Morgan fingerprint density at radius 1 is 1.28 bits per heavy atom. The molecule has 1 fully saturated rings. The summed E-state index contributed by atoms with van der Waals surface area (Å²) in [6.07, 6.45) is 3.99. The summed E-state index contributed by atoms with van der Waals surface area (Å²) in [6.45, 7) is 3.13. The Balaban J connectivity index is 1.48. The number of rotatable bonds is 4. The summed E-state index contributed by atoms with van der Waals surface area (Å²) in [6, 6.07) is 9.80. The van der Waals surface area contributed by atoms with E-state index in [1.165, 1.54) is 0 Å². The average Bonchev–Trinajstić information content (AvgIpc) is 3.37. The van der Waals surface area contributed by atoms with Crippen molar-refractivity contribution in [2.45, 2.75) is 19.4 Å². The summed E-state index contributed by atoms with van der Waals surface area (Å²) in [4.78, 5) is 14.7. The lowest BCUT2D eigenvalue weighted by atomic mass is 10.2. The predicted octanol–water partition coefficient (Wildman–Crippen LogP) is 2.33. The molecule has 1 aliphatic rings. The van der Waals surface area contributed by atoms with E-state index < -0.39 is 0 Å². The molecule has 0 saturated carbocycles. The molecular weight excluding hydrogens is 338 g/mol. The number of likely N-dealkylation sites (tertiary alicyclic amines) is 1. The molecule has 25 heavy (non-hydrogen) atoms. The van der Waals surface area contributed by atoms with Crippen LogP contribution in [-0.2, 0) is 0 Å². The van der Waals surface area contributed by atoms with E-state index in [-0.39, 0.29) is 12.0 Å². The van der Waals surface area contributed by atoms with Gasteiger partial charge in [-0.3, -0.25) is 4.79 Å². The molecule has 0 bridgehead atoms. The predicted molar refractivity (Wildman–Crippen MR) is 93.1 cm³/mol. The Morgan fingerprint density at radius 2 is 2.12 bits per heavy atom. The van der Waals surface area contributed by atoms with E-state index in [1.54, 1.807) is 17.1 Å². The van der Waals surface area contributed by atoms with Gasteiger partial charge in [0.25, 0.3) is 5.91 Å². The Bertz CT molecular complexity index is 863. The van der Waals surface area contributed by atoms with Crippen LogP contribution in [0.2, 0.25) is 0 Å². The fraction of sp³-hybridized carbons (Fsp3) is 0.294. The third kappa shape index (κ3) is 3.12. The second kappa shape index (κ2) is 6.64. The van der Waals surface area contributed by atoms with Crippen molar-refractivity contribution in [1.82, 2.24) is 23.4 Å². The van der Waals surface area contributed by atoms with Gasteiger partial charge < -0.3 is 9.64 Å². The summed E-state index contributed by atoms with van der Waals surface area (Å²) in [5.74, 6) is 0.513. The Morgan fingerprint density at radius 3 is 2.88 bits per heavy atom. The maximum absolute atomic E-state index is 12.9. The normalized spacial score (nSPS) is 17.0. The molecular formula is C17H17N5O2S. The van der Waals surface area contributed by atoms with Gasteiger partial charge in [-0.25, -0.2) is 4.68 Å². The quantitative estimate of drug-likeness (QED) is 0.718. The lowest BCUT2D eigenvalue weighted by molar-refractivity contribution is 0.0770. The fourth-order valence-electron chi connectivity index (χ4n) is 3.01. The topological polar surface area (TPSA) is 73.1 Å². The molecule has 0 radical (unpaired) electrons. The van der Waals surface area contributed by atoms with Gasteiger partial charge in [-0.15, -0.1) is 4.37 Å². The highest BCUT2D eigenvalue weighted by Crippen LogP contribution is 2.21. The molecule has 1 atom stereocenters. The van der Waals surface area contributed by atoms with Crippen molar-refractivity contribution >= 4 is 17.6 Å². The minimum Gasteiger partial charge on any atom is -0.471 e. The number of amides is 1. The zero-order chi connectivity index (χ0) is 17.2. The number of hydrogen-bond acceptors (Lipinski definition) is 6. The molecule has 128 valence electrons. The van der Waals surface area contributed by atoms with Crippen LogP contribution in [0.4, 0.5) is 0 Å².